The monoisotopic (exact) mass is 324 g/mol. The molecule has 0 saturated carbocycles. The average molecular weight is 324 g/mol. The summed E-state index contributed by atoms with van der Waals surface area (Å²) >= 11 is 0. The molecule has 1 aliphatic carbocycles. The Bertz CT molecular complexity index is 801. The second kappa shape index (κ2) is 5.44. The highest BCUT2D eigenvalue weighted by atomic mass is 32.2. The van der Waals surface area contributed by atoms with Gasteiger partial charge in [0.2, 0.25) is 0 Å². The zero-order valence-electron chi connectivity index (χ0n) is 11.8. The van der Waals surface area contributed by atoms with Crippen LogP contribution in [0.1, 0.15) is 35.1 Å². The molecular weight excluding hydrogens is 310 g/mol. The highest BCUT2D eigenvalue weighted by Crippen LogP contribution is 2.46. The van der Waals surface area contributed by atoms with E-state index in [2.05, 4.69) is 0 Å². The van der Waals surface area contributed by atoms with Crippen LogP contribution in [0.25, 0.3) is 0 Å². The van der Waals surface area contributed by atoms with Crippen LogP contribution < -0.4 is 0 Å². The van der Waals surface area contributed by atoms with E-state index in [1.165, 1.54) is 24.3 Å². The van der Waals surface area contributed by atoms with Crippen molar-refractivity contribution < 1.29 is 21.4 Å². The van der Waals surface area contributed by atoms with Gasteiger partial charge in [-0.15, -0.1) is 0 Å². The number of fused-ring (bicyclic) bond motifs is 1. The number of hydrogen-bond acceptors (Lipinski definition) is 3. The van der Waals surface area contributed by atoms with Gasteiger partial charge in [-0.3, -0.25) is 4.18 Å². The molecule has 0 N–H and O–H groups in total. The Morgan fingerprint density at radius 3 is 2.27 bits per heavy atom. The van der Waals surface area contributed by atoms with Crippen molar-refractivity contribution in [3.8, 4) is 0 Å². The molecule has 116 valence electrons. The minimum atomic E-state index is -3.66. The lowest BCUT2D eigenvalue weighted by Crippen LogP contribution is -2.08. The van der Waals surface area contributed by atoms with E-state index in [4.69, 9.17) is 4.18 Å². The van der Waals surface area contributed by atoms with Crippen LogP contribution in [-0.2, 0) is 14.3 Å². The highest BCUT2D eigenvalue weighted by molar-refractivity contribution is 7.86. The fourth-order valence-corrected chi connectivity index (χ4v) is 3.53. The first-order valence-corrected chi connectivity index (χ1v) is 8.58. The first-order valence-electron chi connectivity index (χ1n) is 6.76. The molecule has 0 heterocycles. The third-order valence-electron chi connectivity index (χ3n) is 3.78. The highest BCUT2D eigenvalue weighted by Gasteiger charge is 2.35. The van der Waals surface area contributed by atoms with E-state index in [1.54, 1.807) is 18.2 Å². The van der Waals surface area contributed by atoms with Crippen molar-refractivity contribution in [2.24, 2.45) is 0 Å². The first kappa shape index (κ1) is 15.1. The van der Waals surface area contributed by atoms with Crippen LogP contribution in [0.3, 0.4) is 0 Å². The van der Waals surface area contributed by atoms with Crippen LogP contribution in [0.4, 0.5) is 8.78 Å². The maximum atomic E-state index is 13.5. The van der Waals surface area contributed by atoms with Gasteiger partial charge in [-0.25, -0.2) is 8.78 Å². The van der Waals surface area contributed by atoms with E-state index < -0.39 is 22.0 Å². The van der Waals surface area contributed by atoms with Gasteiger partial charge >= 0.3 is 0 Å². The Kier molecular flexibility index (Phi) is 3.74. The van der Waals surface area contributed by atoms with E-state index in [1.807, 2.05) is 0 Å². The Hall–Kier alpha value is -1.79. The summed E-state index contributed by atoms with van der Waals surface area (Å²) in [6, 6.07) is 10.3. The van der Waals surface area contributed by atoms with Crippen molar-refractivity contribution >= 4 is 10.1 Å². The maximum Gasteiger partial charge on any atom is 0.264 e. The molecule has 0 radical (unpaired) electrons. The zero-order valence-corrected chi connectivity index (χ0v) is 12.6. The molecule has 0 amide bonds. The van der Waals surface area contributed by atoms with E-state index in [0.29, 0.717) is 12.0 Å². The third kappa shape index (κ3) is 3.03. The summed E-state index contributed by atoms with van der Waals surface area (Å²) in [4.78, 5) is 0. The topological polar surface area (TPSA) is 43.4 Å². The van der Waals surface area contributed by atoms with E-state index in [0.717, 1.165) is 17.4 Å². The third-order valence-corrected chi connectivity index (χ3v) is 4.37. The van der Waals surface area contributed by atoms with Gasteiger partial charge in [0.25, 0.3) is 10.1 Å². The Labute approximate surface area is 127 Å². The van der Waals surface area contributed by atoms with Crippen molar-refractivity contribution in [3.05, 3.63) is 70.8 Å². The van der Waals surface area contributed by atoms with Gasteiger partial charge in [0.1, 0.15) is 17.7 Å². The quantitative estimate of drug-likeness (QED) is 0.812. The van der Waals surface area contributed by atoms with E-state index in [-0.39, 0.29) is 11.7 Å². The number of benzene rings is 2. The standard InChI is InChI=1S/C16H14F2O3S/c1-22(19,20)21-16-9-14(10-2-4-11(17)5-3-10)13-7-6-12(18)8-15(13)16/h2-8,14,16H,9H2,1H3/t14-,16-/m0/s1. The maximum absolute atomic E-state index is 13.5. The lowest BCUT2D eigenvalue weighted by atomic mass is 9.93. The fraction of sp³-hybridized carbons (Fsp3) is 0.250. The van der Waals surface area contributed by atoms with E-state index in [9.17, 15) is 17.2 Å². The minimum absolute atomic E-state index is 0.150. The molecule has 2 atom stereocenters. The van der Waals surface area contributed by atoms with Crippen molar-refractivity contribution in [1.29, 1.82) is 0 Å². The second-order valence-electron chi connectivity index (χ2n) is 5.40. The van der Waals surface area contributed by atoms with Gasteiger partial charge in [-0.1, -0.05) is 18.2 Å². The van der Waals surface area contributed by atoms with Crippen LogP contribution in [0.5, 0.6) is 0 Å². The Balaban J connectivity index is 2.03. The van der Waals surface area contributed by atoms with Gasteiger partial charge in [-0.05, 0) is 47.4 Å². The van der Waals surface area contributed by atoms with Crippen molar-refractivity contribution in [2.45, 2.75) is 18.4 Å². The van der Waals surface area contributed by atoms with Gasteiger partial charge in [0.05, 0.1) is 6.26 Å². The summed E-state index contributed by atoms with van der Waals surface area (Å²) in [6.45, 7) is 0. The summed E-state index contributed by atoms with van der Waals surface area (Å²) < 4.78 is 54.5. The summed E-state index contributed by atoms with van der Waals surface area (Å²) in [5.74, 6) is -0.937. The smallest absolute Gasteiger partial charge is 0.262 e. The molecule has 2 aromatic carbocycles. The molecule has 1 aliphatic rings. The van der Waals surface area contributed by atoms with Crippen LogP contribution in [-0.4, -0.2) is 14.7 Å². The number of hydrogen-bond donors (Lipinski definition) is 0. The zero-order chi connectivity index (χ0) is 15.9. The minimum Gasteiger partial charge on any atom is -0.262 e. The van der Waals surface area contributed by atoms with Gasteiger partial charge < -0.3 is 0 Å². The molecule has 6 heteroatoms. The second-order valence-corrected chi connectivity index (χ2v) is 7.00. The van der Waals surface area contributed by atoms with Crippen LogP contribution >= 0.6 is 0 Å². The molecule has 0 saturated heterocycles. The van der Waals surface area contributed by atoms with Crippen molar-refractivity contribution in [2.75, 3.05) is 6.26 Å². The largest absolute Gasteiger partial charge is 0.264 e. The van der Waals surface area contributed by atoms with Crippen molar-refractivity contribution in [3.63, 3.8) is 0 Å². The van der Waals surface area contributed by atoms with Gasteiger partial charge in [0.15, 0.2) is 0 Å². The summed E-state index contributed by atoms with van der Waals surface area (Å²) in [6.07, 6.45) is 0.616. The molecule has 0 unspecified atom stereocenters. The first-order chi connectivity index (χ1) is 10.3. The molecule has 0 spiro atoms. The lowest BCUT2D eigenvalue weighted by Gasteiger charge is -2.12. The van der Waals surface area contributed by atoms with E-state index >= 15 is 0 Å². The SMILES string of the molecule is CS(=O)(=O)O[C@H]1C[C@@H](c2ccc(F)cc2)c2ccc(F)cc21. The average Bonchev–Trinajstić information content (AvgIpc) is 2.76. The molecule has 2 aromatic rings. The molecule has 0 fully saturated rings. The lowest BCUT2D eigenvalue weighted by molar-refractivity contribution is 0.213. The number of halogens is 2. The molecule has 3 nitrogen and oxygen atoms in total. The fourth-order valence-electron chi connectivity index (χ4n) is 2.92. The predicted molar refractivity (Wildman–Crippen MR) is 77.9 cm³/mol. The molecule has 0 aromatic heterocycles. The van der Waals surface area contributed by atoms with Crippen molar-refractivity contribution in [1.82, 2.24) is 0 Å². The summed E-state index contributed by atoms with van der Waals surface area (Å²) in [5.41, 5.74) is 2.18. The van der Waals surface area contributed by atoms with Gasteiger partial charge in [0, 0.05) is 5.92 Å². The normalized spacial score (nSPS) is 20.9. The van der Waals surface area contributed by atoms with Crippen LogP contribution in [0, 0.1) is 11.6 Å². The molecule has 0 bridgehead atoms. The Morgan fingerprint density at radius 2 is 1.64 bits per heavy atom. The molecule has 0 aliphatic heterocycles. The van der Waals surface area contributed by atoms with Gasteiger partial charge in [-0.2, -0.15) is 8.42 Å². The van der Waals surface area contributed by atoms with Crippen LogP contribution in [0.15, 0.2) is 42.5 Å². The summed E-state index contributed by atoms with van der Waals surface area (Å²) in [7, 11) is -3.66. The molecule has 22 heavy (non-hydrogen) atoms. The summed E-state index contributed by atoms with van der Waals surface area (Å²) in [5, 5.41) is 0. The van der Waals surface area contributed by atoms with Crippen LogP contribution in [0.2, 0.25) is 0 Å². The molecular formula is C16H14F2O3S. The number of rotatable bonds is 3. The Morgan fingerprint density at radius 1 is 1.00 bits per heavy atom. The predicted octanol–water partition coefficient (Wildman–Crippen LogP) is 3.52. The molecule has 3 rings (SSSR count).